The molecule has 1 aromatic rings. The molecule has 2 heterocycles. The highest BCUT2D eigenvalue weighted by Gasteiger charge is 2.33. The van der Waals surface area contributed by atoms with E-state index in [2.05, 4.69) is 23.7 Å². The molecule has 2 N–H and O–H groups in total. The van der Waals surface area contributed by atoms with Crippen LogP contribution in [0, 0.1) is 0 Å². The number of nitrogens with two attached hydrogens (primary N) is 1. The maximum atomic E-state index is 12.1. The van der Waals surface area contributed by atoms with Crippen LogP contribution in [0.25, 0.3) is 0 Å². The van der Waals surface area contributed by atoms with Crippen LogP contribution >= 0.6 is 0 Å². The number of pyridine rings is 1. The minimum absolute atomic E-state index is 0.347. The average molecular weight is 277 g/mol. The summed E-state index contributed by atoms with van der Waals surface area (Å²) in [6, 6.07) is 2.47. The van der Waals surface area contributed by atoms with E-state index in [1.807, 2.05) is 0 Å². The molecule has 20 heavy (non-hydrogen) atoms. The van der Waals surface area contributed by atoms with Crippen molar-refractivity contribution >= 4 is 17.5 Å². The summed E-state index contributed by atoms with van der Waals surface area (Å²) in [5.41, 5.74) is 6.73. The summed E-state index contributed by atoms with van der Waals surface area (Å²) in [5, 5.41) is 0. The zero-order valence-corrected chi connectivity index (χ0v) is 12.4. The first-order valence-electron chi connectivity index (χ1n) is 7.29. The van der Waals surface area contributed by atoms with Gasteiger partial charge in [-0.05, 0) is 39.2 Å². The number of carbonyl (C=O) groups is 1. The van der Waals surface area contributed by atoms with E-state index in [0.717, 1.165) is 19.3 Å². The van der Waals surface area contributed by atoms with Gasteiger partial charge in [-0.3, -0.25) is 0 Å². The molecule has 1 aliphatic heterocycles. The molecule has 0 amide bonds. The fourth-order valence-electron chi connectivity index (χ4n) is 2.89. The van der Waals surface area contributed by atoms with Crippen molar-refractivity contribution in [3.63, 3.8) is 0 Å². The van der Waals surface area contributed by atoms with Gasteiger partial charge in [-0.2, -0.15) is 0 Å². The van der Waals surface area contributed by atoms with Gasteiger partial charge in [0.2, 0.25) is 0 Å². The Hall–Kier alpha value is -1.78. The molecule has 0 aliphatic carbocycles. The van der Waals surface area contributed by atoms with Crippen LogP contribution in [0.15, 0.2) is 12.3 Å². The highest BCUT2D eigenvalue weighted by atomic mass is 16.5. The summed E-state index contributed by atoms with van der Waals surface area (Å²) in [4.78, 5) is 18.8. The van der Waals surface area contributed by atoms with E-state index < -0.39 is 0 Å². The van der Waals surface area contributed by atoms with E-state index in [0.29, 0.717) is 35.8 Å². The van der Waals surface area contributed by atoms with Gasteiger partial charge in [-0.25, -0.2) is 9.78 Å². The first-order valence-corrected chi connectivity index (χ1v) is 7.29. The number of nitrogen functional groups attached to an aromatic ring is 1. The van der Waals surface area contributed by atoms with E-state index in [-0.39, 0.29) is 5.97 Å². The first-order chi connectivity index (χ1) is 9.58. The number of anilines is 2. The lowest BCUT2D eigenvalue weighted by molar-refractivity contribution is 0.0526. The Bertz CT molecular complexity index is 490. The molecule has 2 rings (SSSR count). The zero-order valence-electron chi connectivity index (χ0n) is 12.4. The molecule has 0 saturated carbocycles. The zero-order chi connectivity index (χ0) is 14.7. The molecule has 1 aliphatic rings. The minimum Gasteiger partial charge on any atom is -0.462 e. The molecule has 0 aromatic carbocycles. The van der Waals surface area contributed by atoms with Gasteiger partial charge in [0.1, 0.15) is 11.4 Å². The molecule has 5 nitrogen and oxygen atoms in total. The van der Waals surface area contributed by atoms with E-state index in [1.165, 1.54) is 0 Å². The number of ether oxygens (including phenoxy) is 1. The van der Waals surface area contributed by atoms with Crippen LogP contribution in [0.3, 0.4) is 0 Å². The Morgan fingerprint density at radius 1 is 1.50 bits per heavy atom. The maximum Gasteiger partial charge on any atom is 0.341 e. The fraction of sp³-hybridized carbons (Fsp3) is 0.600. The highest BCUT2D eigenvalue weighted by molar-refractivity contribution is 5.96. The van der Waals surface area contributed by atoms with Crippen molar-refractivity contribution < 1.29 is 9.53 Å². The van der Waals surface area contributed by atoms with Gasteiger partial charge in [-0.15, -0.1) is 0 Å². The predicted molar refractivity (Wildman–Crippen MR) is 79.9 cm³/mol. The van der Waals surface area contributed by atoms with Crippen molar-refractivity contribution in [3.05, 3.63) is 17.8 Å². The van der Waals surface area contributed by atoms with Crippen LogP contribution in [-0.4, -0.2) is 29.6 Å². The Morgan fingerprint density at radius 3 is 2.90 bits per heavy atom. The van der Waals surface area contributed by atoms with Crippen LogP contribution in [0.5, 0.6) is 0 Å². The maximum absolute atomic E-state index is 12.1. The largest absolute Gasteiger partial charge is 0.462 e. The molecule has 0 spiro atoms. The molecule has 2 atom stereocenters. The second-order valence-corrected chi connectivity index (χ2v) is 5.26. The van der Waals surface area contributed by atoms with Crippen molar-refractivity contribution in [1.82, 2.24) is 4.98 Å². The summed E-state index contributed by atoms with van der Waals surface area (Å²) in [6.45, 7) is 6.48. The number of esters is 1. The number of aromatic nitrogens is 1. The first kappa shape index (κ1) is 14.6. The third-order valence-corrected chi connectivity index (χ3v) is 3.88. The summed E-state index contributed by atoms with van der Waals surface area (Å²) in [7, 11) is 0. The Morgan fingerprint density at radius 2 is 2.25 bits per heavy atom. The van der Waals surface area contributed by atoms with Gasteiger partial charge in [-0.1, -0.05) is 6.92 Å². The fourth-order valence-corrected chi connectivity index (χ4v) is 2.89. The van der Waals surface area contributed by atoms with Crippen molar-refractivity contribution in [2.75, 3.05) is 17.2 Å². The van der Waals surface area contributed by atoms with Crippen molar-refractivity contribution in [2.45, 2.75) is 52.1 Å². The molecular formula is C15H23N3O2. The van der Waals surface area contributed by atoms with E-state index in [1.54, 1.807) is 19.2 Å². The molecule has 1 aromatic heterocycles. The molecule has 2 unspecified atom stereocenters. The Balaban J connectivity index is 2.42. The number of nitrogens with zero attached hydrogens (tertiary/aromatic N) is 2. The average Bonchev–Trinajstić information content (AvgIpc) is 2.80. The minimum atomic E-state index is -0.351. The van der Waals surface area contributed by atoms with Gasteiger partial charge in [0, 0.05) is 12.1 Å². The highest BCUT2D eigenvalue weighted by Crippen LogP contribution is 2.33. The smallest absolute Gasteiger partial charge is 0.341 e. The molecule has 1 saturated heterocycles. The van der Waals surface area contributed by atoms with Gasteiger partial charge >= 0.3 is 5.97 Å². The molecule has 1 fully saturated rings. The van der Waals surface area contributed by atoms with Crippen molar-refractivity contribution in [2.24, 2.45) is 0 Å². The summed E-state index contributed by atoms with van der Waals surface area (Å²) < 4.78 is 5.13. The quantitative estimate of drug-likeness (QED) is 0.857. The lowest BCUT2D eigenvalue weighted by Gasteiger charge is -2.30. The Kier molecular flexibility index (Phi) is 4.47. The van der Waals surface area contributed by atoms with Crippen molar-refractivity contribution in [3.8, 4) is 0 Å². The van der Waals surface area contributed by atoms with E-state index in [4.69, 9.17) is 10.5 Å². The second-order valence-electron chi connectivity index (χ2n) is 5.26. The van der Waals surface area contributed by atoms with E-state index in [9.17, 15) is 4.79 Å². The molecular weight excluding hydrogens is 254 g/mol. The summed E-state index contributed by atoms with van der Waals surface area (Å²) in [5.74, 6) is 0.353. The van der Waals surface area contributed by atoms with Crippen LogP contribution in [0.1, 0.15) is 50.4 Å². The summed E-state index contributed by atoms with van der Waals surface area (Å²) >= 11 is 0. The molecule has 110 valence electrons. The number of carbonyl (C=O) groups excluding carboxylic acids is 1. The Labute approximate surface area is 120 Å². The van der Waals surface area contributed by atoms with E-state index >= 15 is 0 Å². The molecule has 5 heteroatoms. The monoisotopic (exact) mass is 277 g/mol. The number of hydrogen-bond donors (Lipinski definition) is 1. The van der Waals surface area contributed by atoms with Crippen molar-refractivity contribution in [1.29, 1.82) is 0 Å². The van der Waals surface area contributed by atoms with Gasteiger partial charge in [0.05, 0.1) is 18.5 Å². The van der Waals surface area contributed by atoms with Crippen LogP contribution in [-0.2, 0) is 4.74 Å². The van der Waals surface area contributed by atoms with Gasteiger partial charge in [0.25, 0.3) is 0 Å². The standard InChI is InChI=1S/C15H23N3O2/c1-4-12-7-6-10(3)18(12)14-13(15(19)20-5-2)8-11(16)9-17-14/h8-10,12H,4-7,16H2,1-3H3. The third-order valence-electron chi connectivity index (χ3n) is 3.88. The SMILES string of the molecule is CCOC(=O)c1cc(N)cnc1N1C(C)CCC1CC. The number of rotatable bonds is 4. The lowest BCUT2D eigenvalue weighted by atomic mass is 10.1. The topological polar surface area (TPSA) is 68.5 Å². The lowest BCUT2D eigenvalue weighted by Crippen LogP contribution is -2.36. The summed E-state index contributed by atoms with van der Waals surface area (Å²) in [6.07, 6.45) is 4.90. The number of hydrogen-bond acceptors (Lipinski definition) is 5. The van der Waals surface area contributed by atoms with Crippen LogP contribution < -0.4 is 10.6 Å². The molecule has 0 radical (unpaired) electrons. The van der Waals surface area contributed by atoms with Gasteiger partial charge in [0.15, 0.2) is 0 Å². The molecule has 0 bridgehead atoms. The second kappa shape index (κ2) is 6.11. The van der Waals surface area contributed by atoms with Crippen LogP contribution in [0.2, 0.25) is 0 Å². The predicted octanol–water partition coefficient (Wildman–Crippen LogP) is 2.61. The van der Waals surface area contributed by atoms with Crippen LogP contribution in [0.4, 0.5) is 11.5 Å². The van der Waals surface area contributed by atoms with Gasteiger partial charge < -0.3 is 15.4 Å². The normalized spacial score (nSPS) is 22.1. The third kappa shape index (κ3) is 2.71.